The minimum Gasteiger partial charge on any atom is -0.392 e. The minimum atomic E-state index is -0.541. The van der Waals surface area contributed by atoms with Crippen LogP contribution in [0.4, 0.5) is 0 Å². The van der Waals surface area contributed by atoms with Crippen LogP contribution in [0.1, 0.15) is 17.4 Å². The molecule has 0 spiro atoms. The van der Waals surface area contributed by atoms with Gasteiger partial charge in [0.2, 0.25) is 0 Å². The van der Waals surface area contributed by atoms with Crippen LogP contribution in [0.5, 0.6) is 0 Å². The predicted octanol–water partition coefficient (Wildman–Crippen LogP) is -0.0706. The van der Waals surface area contributed by atoms with Gasteiger partial charge in [0.15, 0.2) is 0 Å². The van der Waals surface area contributed by atoms with Crippen LogP contribution in [0.25, 0.3) is 0 Å². The summed E-state index contributed by atoms with van der Waals surface area (Å²) in [7, 11) is 1.61. The molecule has 1 amide bonds. The number of rotatable bonds is 3. The van der Waals surface area contributed by atoms with Crippen molar-refractivity contribution in [3.8, 4) is 0 Å². The summed E-state index contributed by atoms with van der Waals surface area (Å²) in [4.78, 5) is 20.7. The summed E-state index contributed by atoms with van der Waals surface area (Å²) in [6, 6.07) is 0. The Kier molecular flexibility index (Phi) is 3.53. The number of carbonyl (C=O) groups is 1. The molecule has 14 heavy (non-hydrogen) atoms. The van der Waals surface area contributed by atoms with Crippen molar-refractivity contribution in [2.24, 2.45) is 0 Å². The highest BCUT2D eigenvalue weighted by atomic mass is 16.3. The van der Waals surface area contributed by atoms with E-state index in [1.807, 2.05) is 0 Å². The van der Waals surface area contributed by atoms with Crippen molar-refractivity contribution < 1.29 is 9.90 Å². The highest BCUT2D eigenvalue weighted by Gasteiger charge is 2.14. The van der Waals surface area contributed by atoms with Gasteiger partial charge in [-0.25, -0.2) is 4.98 Å². The maximum atomic E-state index is 11.6. The van der Waals surface area contributed by atoms with Crippen molar-refractivity contribution in [2.75, 3.05) is 13.6 Å². The number of aliphatic hydroxyl groups excluding tert-OH is 1. The number of hydrogen-bond donors (Lipinski definition) is 1. The summed E-state index contributed by atoms with van der Waals surface area (Å²) >= 11 is 0. The van der Waals surface area contributed by atoms with Crippen LogP contribution in [0.3, 0.4) is 0 Å². The topological polar surface area (TPSA) is 66.3 Å². The van der Waals surface area contributed by atoms with Gasteiger partial charge in [0.1, 0.15) is 5.69 Å². The number of carbonyl (C=O) groups excluding carboxylic acids is 1. The molecule has 0 saturated carbocycles. The van der Waals surface area contributed by atoms with Crippen LogP contribution in [0.2, 0.25) is 0 Å². The van der Waals surface area contributed by atoms with E-state index in [0.29, 0.717) is 0 Å². The van der Waals surface area contributed by atoms with Crippen molar-refractivity contribution in [3.05, 3.63) is 24.3 Å². The van der Waals surface area contributed by atoms with Gasteiger partial charge in [-0.1, -0.05) is 0 Å². The molecule has 0 aliphatic heterocycles. The molecule has 0 radical (unpaired) electrons. The number of nitrogens with zero attached hydrogens (tertiary/aromatic N) is 3. The van der Waals surface area contributed by atoms with E-state index in [0.717, 1.165) is 0 Å². The molecular formula is C9H13N3O2. The molecule has 76 valence electrons. The molecule has 0 aliphatic rings. The lowest BCUT2D eigenvalue weighted by Gasteiger charge is -2.17. The lowest BCUT2D eigenvalue weighted by Crippen LogP contribution is -2.33. The third-order valence-corrected chi connectivity index (χ3v) is 1.67. The van der Waals surface area contributed by atoms with Gasteiger partial charge in [-0.3, -0.25) is 9.78 Å². The Labute approximate surface area is 82.4 Å². The molecule has 1 aromatic rings. The fourth-order valence-electron chi connectivity index (χ4n) is 1.08. The summed E-state index contributed by atoms with van der Waals surface area (Å²) in [6.45, 7) is 1.91. The van der Waals surface area contributed by atoms with Gasteiger partial charge in [-0.05, 0) is 6.92 Å². The molecule has 0 fully saturated rings. The predicted molar refractivity (Wildman–Crippen MR) is 50.7 cm³/mol. The SMILES string of the molecule is CC(O)CN(C)C(=O)c1cnccn1. The average molecular weight is 195 g/mol. The molecular weight excluding hydrogens is 182 g/mol. The molecule has 0 bridgehead atoms. The summed E-state index contributed by atoms with van der Waals surface area (Å²) < 4.78 is 0. The molecule has 1 aromatic heterocycles. The second-order valence-electron chi connectivity index (χ2n) is 3.13. The molecule has 0 aromatic carbocycles. The minimum absolute atomic E-state index is 0.237. The quantitative estimate of drug-likeness (QED) is 0.733. The van der Waals surface area contributed by atoms with Crippen molar-refractivity contribution in [1.29, 1.82) is 0 Å². The summed E-state index contributed by atoms with van der Waals surface area (Å²) in [5.74, 6) is -0.237. The third kappa shape index (κ3) is 2.77. The van der Waals surface area contributed by atoms with Crippen LogP contribution in [0.15, 0.2) is 18.6 Å². The number of aromatic nitrogens is 2. The van der Waals surface area contributed by atoms with Crippen LogP contribution in [-0.4, -0.2) is 45.6 Å². The monoisotopic (exact) mass is 195 g/mol. The fraction of sp³-hybridized carbons (Fsp3) is 0.444. The Morgan fingerprint density at radius 3 is 2.86 bits per heavy atom. The average Bonchev–Trinajstić information content (AvgIpc) is 2.17. The molecule has 1 heterocycles. The van der Waals surface area contributed by atoms with Gasteiger partial charge >= 0.3 is 0 Å². The van der Waals surface area contributed by atoms with E-state index in [9.17, 15) is 4.79 Å². The molecule has 0 aliphatic carbocycles. The zero-order valence-corrected chi connectivity index (χ0v) is 8.21. The maximum absolute atomic E-state index is 11.6. The van der Waals surface area contributed by atoms with Crippen LogP contribution in [-0.2, 0) is 0 Å². The van der Waals surface area contributed by atoms with E-state index in [1.54, 1.807) is 14.0 Å². The Hall–Kier alpha value is -1.49. The fourth-order valence-corrected chi connectivity index (χ4v) is 1.08. The van der Waals surface area contributed by atoms with Crippen LogP contribution >= 0.6 is 0 Å². The zero-order chi connectivity index (χ0) is 10.6. The Morgan fingerprint density at radius 1 is 1.64 bits per heavy atom. The maximum Gasteiger partial charge on any atom is 0.273 e. The van der Waals surface area contributed by atoms with E-state index in [4.69, 9.17) is 5.11 Å². The molecule has 5 heteroatoms. The number of amides is 1. The van der Waals surface area contributed by atoms with Crippen molar-refractivity contribution in [1.82, 2.24) is 14.9 Å². The molecule has 1 unspecified atom stereocenters. The standard InChI is InChI=1S/C9H13N3O2/c1-7(13)6-12(2)9(14)8-5-10-3-4-11-8/h3-5,7,13H,6H2,1-2H3. The summed E-state index contributed by atoms with van der Waals surface area (Å²) in [5, 5.41) is 9.09. The Bertz CT molecular complexity index is 300. The molecule has 1 rings (SSSR count). The first-order valence-electron chi connectivity index (χ1n) is 4.31. The number of likely N-dealkylation sites (N-methyl/N-ethyl adjacent to an activating group) is 1. The second kappa shape index (κ2) is 4.66. The molecule has 5 nitrogen and oxygen atoms in total. The van der Waals surface area contributed by atoms with Crippen molar-refractivity contribution in [3.63, 3.8) is 0 Å². The first kappa shape index (κ1) is 10.6. The van der Waals surface area contributed by atoms with E-state index in [-0.39, 0.29) is 18.1 Å². The number of hydrogen-bond acceptors (Lipinski definition) is 4. The van der Waals surface area contributed by atoms with Gasteiger partial charge in [-0.2, -0.15) is 0 Å². The zero-order valence-electron chi connectivity index (χ0n) is 8.21. The summed E-state index contributed by atoms with van der Waals surface area (Å²) in [5.41, 5.74) is 0.288. The normalized spacial score (nSPS) is 12.2. The second-order valence-corrected chi connectivity index (χ2v) is 3.13. The van der Waals surface area contributed by atoms with Crippen molar-refractivity contribution in [2.45, 2.75) is 13.0 Å². The third-order valence-electron chi connectivity index (χ3n) is 1.67. The van der Waals surface area contributed by atoms with Gasteiger partial charge < -0.3 is 10.0 Å². The van der Waals surface area contributed by atoms with Gasteiger partial charge in [0, 0.05) is 26.0 Å². The van der Waals surface area contributed by atoms with Crippen LogP contribution < -0.4 is 0 Å². The van der Waals surface area contributed by atoms with E-state index in [2.05, 4.69) is 9.97 Å². The summed E-state index contributed by atoms with van der Waals surface area (Å²) in [6.07, 6.45) is 3.83. The number of aliphatic hydroxyl groups is 1. The van der Waals surface area contributed by atoms with E-state index in [1.165, 1.54) is 23.5 Å². The molecule has 1 atom stereocenters. The Morgan fingerprint density at radius 2 is 2.36 bits per heavy atom. The van der Waals surface area contributed by atoms with Crippen LogP contribution in [0, 0.1) is 0 Å². The lowest BCUT2D eigenvalue weighted by atomic mass is 10.3. The highest BCUT2D eigenvalue weighted by Crippen LogP contribution is 1.98. The van der Waals surface area contributed by atoms with E-state index < -0.39 is 6.10 Å². The first-order chi connectivity index (χ1) is 6.61. The Balaban J connectivity index is 2.66. The van der Waals surface area contributed by atoms with E-state index >= 15 is 0 Å². The first-order valence-corrected chi connectivity index (χ1v) is 4.31. The van der Waals surface area contributed by atoms with Gasteiger partial charge in [-0.15, -0.1) is 0 Å². The molecule has 1 N–H and O–H groups in total. The highest BCUT2D eigenvalue weighted by molar-refractivity contribution is 5.91. The lowest BCUT2D eigenvalue weighted by molar-refractivity contribution is 0.0697. The van der Waals surface area contributed by atoms with Gasteiger partial charge in [0.25, 0.3) is 5.91 Å². The molecule has 0 saturated heterocycles. The van der Waals surface area contributed by atoms with Gasteiger partial charge in [0.05, 0.1) is 12.3 Å². The largest absolute Gasteiger partial charge is 0.392 e. The smallest absolute Gasteiger partial charge is 0.273 e. The van der Waals surface area contributed by atoms with Crippen molar-refractivity contribution >= 4 is 5.91 Å².